The summed E-state index contributed by atoms with van der Waals surface area (Å²) in [7, 11) is 3.83. The lowest BCUT2D eigenvalue weighted by atomic mass is 10.0. The molecule has 0 aliphatic heterocycles. The third kappa shape index (κ3) is 2.69. The van der Waals surface area contributed by atoms with Gasteiger partial charge in [0.15, 0.2) is 0 Å². The first kappa shape index (κ1) is 12.9. The molecule has 0 spiro atoms. The first-order valence-corrected chi connectivity index (χ1v) is 5.88. The summed E-state index contributed by atoms with van der Waals surface area (Å²) >= 11 is 0. The van der Waals surface area contributed by atoms with E-state index in [4.69, 9.17) is 4.74 Å². The molecule has 0 saturated heterocycles. The van der Waals surface area contributed by atoms with Crippen LogP contribution in [0.2, 0.25) is 0 Å². The molecule has 2 heteroatoms. The highest BCUT2D eigenvalue weighted by Crippen LogP contribution is 2.31. The van der Waals surface area contributed by atoms with E-state index < -0.39 is 0 Å². The molecule has 0 bridgehead atoms. The van der Waals surface area contributed by atoms with E-state index in [0.717, 1.165) is 5.75 Å². The molecule has 2 nitrogen and oxygen atoms in total. The Hall–Kier alpha value is -1.18. The molecular formula is C14H23NO. The van der Waals surface area contributed by atoms with E-state index in [1.54, 1.807) is 7.11 Å². The molecule has 1 rings (SSSR count). The van der Waals surface area contributed by atoms with Gasteiger partial charge in [0, 0.05) is 13.1 Å². The predicted octanol–water partition coefficient (Wildman–Crippen LogP) is 3.66. The SMILES string of the molecule is COc1ccc(C(C)C)cc1N(C)C(C)C. The molecule has 0 N–H and O–H groups in total. The van der Waals surface area contributed by atoms with E-state index in [9.17, 15) is 0 Å². The Morgan fingerprint density at radius 1 is 1.12 bits per heavy atom. The van der Waals surface area contributed by atoms with Crippen molar-refractivity contribution in [3.8, 4) is 5.75 Å². The van der Waals surface area contributed by atoms with Crippen molar-refractivity contribution in [1.29, 1.82) is 0 Å². The van der Waals surface area contributed by atoms with Crippen molar-refractivity contribution in [2.75, 3.05) is 19.1 Å². The lowest BCUT2D eigenvalue weighted by Crippen LogP contribution is -2.26. The summed E-state index contributed by atoms with van der Waals surface area (Å²) in [5.74, 6) is 1.49. The molecule has 0 saturated carbocycles. The fraction of sp³-hybridized carbons (Fsp3) is 0.571. The average Bonchev–Trinajstić information content (AvgIpc) is 2.26. The van der Waals surface area contributed by atoms with Crippen molar-refractivity contribution in [1.82, 2.24) is 0 Å². The Balaban J connectivity index is 3.16. The fourth-order valence-electron chi connectivity index (χ4n) is 1.62. The third-order valence-corrected chi connectivity index (χ3v) is 3.02. The lowest BCUT2D eigenvalue weighted by molar-refractivity contribution is 0.414. The number of nitrogens with zero attached hydrogens (tertiary/aromatic N) is 1. The van der Waals surface area contributed by atoms with Crippen LogP contribution in [0.25, 0.3) is 0 Å². The van der Waals surface area contributed by atoms with Gasteiger partial charge in [0.2, 0.25) is 0 Å². The normalized spacial score (nSPS) is 11.0. The van der Waals surface area contributed by atoms with Crippen molar-refractivity contribution in [3.05, 3.63) is 23.8 Å². The van der Waals surface area contributed by atoms with Gasteiger partial charge in [-0.3, -0.25) is 0 Å². The highest BCUT2D eigenvalue weighted by Gasteiger charge is 2.12. The Labute approximate surface area is 99.2 Å². The van der Waals surface area contributed by atoms with Gasteiger partial charge in [0.25, 0.3) is 0 Å². The van der Waals surface area contributed by atoms with Crippen LogP contribution in [-0.2, 0) is 0 Å². The number of benzene rings is 1. The smallest absolute Gasteiger partial charge is 0.142 e. The molecule has 0 aliphatic carbocycles. The minimum absolute atomic E-state index is 0.469. The topological polar surface area (TPSA) is 12.5 Å². The standard InChI is InChI=1S/C14H23NO/c1-10(2)12-7-8-14(16-6)13(9-12)15(5)11(3)4/h7-11H,1-6H3. The van der Waals surface area contributed by atoms with Gasteiger partial charge in [-0.2, -0.15) is 0 Å². The molecule has 1 aromatic carbocycles. The monoisotopic (exact) mass is 221 g/mol. The van der Waals surface area contributed by atoms with Crippen LogP contribution in [0.15, 0.2) is 18.2 Å². The molecule has 0 fully saturated rings. The van der Waals surface area contributed by atoms with E-state index in [-0.39, 0.29) is 0 Å². The molecule has 0 unspecified atom stereocenters. The van der Waals surface area contributed by atoms with E-state index in [2.05, 4.69) is 57.8 Å². The van der Waals surface area contributed by atoms with Crippen LogP contribution in [0, 0.1) is 0 Å². The van der Waals surface area contributed by atoms with E-state index in [1.807, 2.05) is 0 Å². The summed E-state index contributed by atoms with van der Waals surface area (Å²) in [5, 5.41) is 0. The summed E-state index contributed by atoms with van der Waals surface area (Å²) in [5.41, 5.74) is 2.52. The third-order valence-electron chi connectivity index (χ3n) is 3.02. The largest absolute Gasteiger partial charge is 0.495 e. The highest BCUT2D eigenvalue weighted by molar-refractivity contribution is 5.60. The summed E-state index contributed by atoms with van der Waals surface area (Å²) in [6.07, 6.45) is 0. The molecule has 90 valence electrons. The predicted molar refractivity (Wildman–Crippen MR) is 70.6 cm³/mol. The summed E-state index contributed by atoms with van der Waals surface area (Å²) in [6.45, 7) is 8.78. The van der Waals surface area contributed by atoms with E-state index >= 15 is 0 Å². The fourth-order valence-corrected chi connectivity index (χ4v) is 1.62. The Kier molecular flexibility index (Phi) is 4.22. The molecule has 0 amide bonds. The zero-order valence-electron chi connectivity index (χ0n) is 11.2. The van der Waals surface area contributed by atoms with Crippen LogP contribution >= 0.6 is 0 Å². The maximum Gasteiger partial charge on any atom is 0.142 e. The van der Waals surface area contributed by atoms with Crippen molar-refractivity contribution < 1.29 is 4.74 Å². The molecule has 0 atom stereocenters. The van der Waals surface area contributed by atoms with Gasteiger partial charge in [0.1, 0.15) is 5.75 Å². The number of rotatable bonds is 4. The lowest BCUT2D eigenvalue weighted by Gasteiger charge is -2.26. The molecule has 0 aliphatic rings. The van der Waals surface area contributed by atoms with E-state index in [1.165, 1.54) is 11.3 Å². The Morgan fingerprint density at radius 3 is 2.19 bits per heavy atom. The number of hydrogen-bond acceptors (Lipinski definition) is 2. The molecular weight excluding hydrogens is 198 g/mol. The summed E-state index contributed by atoms with van der Waals surface area (Å²) in [6, 6.07) is 6.89. The average molecular weight is 221 g/mol. The Morgan fingerprint density at radius 2 is 1.75 bits per heavy atom. The van der Waals surface area contributed by atoms with Crippen molar-refractivity contribution in [2.24, 2.45) is 0 Å². The maximum absolute atomic E-state index is 5.41. The van der Waals surface area contributed by atoms with Gasteiger partial charge in [-0.15, -0.1) is 0 Å². The van der Waals surface area contributed by atoms with Crippen LogP contribution in [-0.4, -0.2) is 20.2 Å². The number of anilines is 1. The van der Waals surface area contributed by atoms with Crippen LogP contribution < -0.4 is 9.64 Å². The second-order valence-electron chi connectivity index (χ2n) is 4.79. The van der Waals surface area contributed by atoms with Gasteiger partial charge >= 0.3 is 0 Å². The first-order valence-electron chi connectivity index (χ1n) is 5.88. The minimum Gasteiger partial charge on any atom is -0.495 e. The van der Waals surface area contributed by atoms with Crippen molar-refractivity contribution in [2.45, 2.75) is 39.7 Å². The van der Waals surface area contributed by atoms with Crippen LogP contribution in [0.4, 0.5) is 5.69 Å². The second-order valence-corrected chi connectivity index (χ2v) is 4.79. The van der Waals surface area contributed by atoms with Gasteiger partial charge in [-0.05, 0) is 37.5 Å². The molecule has 0 radical (unpaired) electrons. The molecule has 0 heterocycles. The second kappa shape index (κ2) is 5.24. The van der Waals surface area contributed by atoms with Gasteiger partial charge in [-0.25, -0.2) is 0 Å². The molecule has 16 heavy (non-hydrogen) atoms. The van der Waals surface area contributed by atoms with Crippen LogP contribution in [0.5, 0.6) is 5.75 Å². The van der Waals surface area contributed by atoms with Crippen LogP contribution in [0.3, 0.4) is 0 Å². The van der Waals surface area contributed by atoms with Gasteiger partial charge in [-0.1, -0.05) is 19.9 Å². The van der Waals surface area contributed by atoms with Gasteiger partial charge in [0.05, 0.1) is 12.8 Å². The minimum atomic E-state index is 0.469. The number of hydrogen-bond donors (Lipinski definition) is 0. The van der Waals surface area contributed by atoms with Crippen molar-refractivity contribution >= 4 is 5.69 Å². The Bertz CT molecular complexity index is 345. The van der Waals surface area contributed by atoms with Crippen LogP contribution in [0.1, 0.15) is 39.2 Å². The zero-order valence-corrected chi connectivity index (χ0v) is 11.2. The highest BCUT2D eigenvalue weighted by atomic mass is 16.5. The molecule has 0 aromatic heterocycles. The summed E-state index contributed by atoms with van der Waals surface area (Å²) < 4.78 is 5.41. The number of methoxy groups -OCH3 is 1. The quantitative estimate of drug-likeness (QED) is 0.769. The maximum atomic E-state index is 5.41. The first-order chi connectivity index (χ1) is 7.47. The van der Waals surface area contributed by atoms with Gasteiger partial charge < -0.3 is 9.64 Å². The summed E-state index contributed by atoms with van der Waals surface area (Å²) in [4.78, 5) is 2.24. The van der Waals surface area contributed by atoms with Crippen molar-refractivity contribution in [3.63, 3.8) is 0 Å². The molecule has 1 aromatic rings. The van der Waals surface area contributed by atoms with E-state index in [0.29, 0.717) is 12.0 Å². The zero-order chi connectivity index (χ0) is 12.3. The number of ether oxygens (including phenoxy) is 1.